The summed E-state index contributed by atoms with van der Waals surface area (Å²) in [4.78, 5) is 0. The molecule has 2 saturated carbocycles. The van der Waals surface area contributed by atoms with E-state index < -0.39 is 0 Å². The number of nitrogens with two attached hydrogens (primary N) is 1. The average molecular weight is 244 g/mol. The molecular formula is C16H24N2. The van der Waals surface area contributed by atoms with E-state index in [2.05, 4.69) is 29.6 Å². The maximum absolute atomic E-state index is 5.96. The molecule has 2 heteroatoms. The summed E-state index contributed by atoms with van der Waals surface area (Å²) in [7, 11) is 0. The highest BCUT2D eigenvalue weighted by molar-refractivity contribution is 5.31. The van der Waals surface area contributed by atoms with E-state index in [1.54, 1.807) is 0 Å². The molecule has 2 fully saturated rings. The molecular weight excluding hydrogens is 220 g/mol. The van der Waals surface area contributed by atoms with E-state index >= 15 is 0 Å². The number of hydrogen-bond acceptors (Lipinski definition) is 2. The lowest BCUT2D eigenvalue weighted by Gasteiger charge is -2.22. The molecule has 0 aliphatic heterocycles. The molecule has 2 aliphatic carbocycles. The fourth-order valence-corrected chi connectivity index (χ4v) is 3.12. The lowest BCUT2D eigenvalue weighted by molar-refractivity contribution is 0.444. The number of hydrogen-bond donors (Lipinski definition) is 2. The van der Waals surface area contributed by atoms with Gasteiger partial charge in [0.25, 0.3) is 0 Å². The van der Waals surface area contributed by atoms with Gasteiger partial charge in [-0.1, -0.05) is 37.1 Å². The smallest absolute Gasteiger partial charge is 0.0446 e. The molecule has 1 aromatic rings. The van der Waals surface area contributed by atoms with Gasteiger partial charge in [0.1, 0.15) is 0 Å². The third kappa shape index (κ3) is 2.76. The lowest BCUT2D eigenvalue weighted by atomic mass is 10.0. The van der Waals surface area contributed by atoms with Gasteiger partial charge in [-0.25, -0.2) is 0 Å². The Hall–Kier alpha value is -0.860. The summed E-state index contributed by atoms with van der Waals surface area (Å²) in [5.41, 5.74) is 8.86. The predicted molar refractivity (Wildman–Crippen MR) is 75.6 cm³/mol. The van der Waals surface area contributed by atoms with Crippen LogP contribution in [0.3, 0.4) is 0 Å². The molecule has 1 unspecified atom stereocenters. The van der Waals surface area contributed by atoms with Crippen molar-refractivity contribution in [2.24, 2.45) is 5.73 Å². The standard InChI is InChI=1S/C16H24N2/c17-11-16(18-15-6-1-2-7-15)14-5-3-4-13(10-14)12-8-9-12/h3-5,10,12,15-16,18H,1-2,6-9,11,17H2. The molecule has 0 spiro atoms. The van der Waals surface area contributed by atoms with Crippen molar-refractivity contribution in [1.29, 1.82) is 0 Å². The highest BCUT2D eigenvalue weighted by Gasteiger charge is 2.25. The van der Waals surface area contributed by atoms with E-state index in [0.29, 0.717) is 18.6 Å². The molecule has 0 aromatic heterocycles. The average Bonchev–Trinajstić information content (AvgIpc) is 3.14. The highest BCUT2D eigenvalue weighted by atomic mass is 15.0. The maximum atomic E-state index is 5.96. The lowest BCUT2D eigenvalue weighted by Crippen LogP contribution is -2.35. The van der Waals surface area contributed by atoms with Gasteiger partial charge >= 0.3 is 0 Å². The van der Waals surface area contributed by atoms with Crippen molar-refractivity contribution >= 4 is 0 Å². The van der Waals surface area contributed by atoms with Gasteiger partial charge in [0.15, 0.2) is 0 Å². The fraction of sp³-hybridized carbons (Fsp3) is 0.625. The second-order valence-electron chi connectivity index (χ2n) is 5.88. The molecule has 3 rings (SSSR count). The maximum Gasteiger partial charge on any atom is 0.0446 e. The molecule has 2 aliphatic rings. The van der Waals surface area contributed by atoms with E-state index in [4.69, 9.17) is 5.73 Å². The normalized spacial score (nSPS) is 22.3. The largest absolute Gasteiger partial charge is 0.329 e. The zero-order chi connectivity index (χ0) is 12.4. The summed E-state index contributed by atoms with van der Waals surface area (Å²) in [5.74, 6) is 0.829. The summed E-state index contributed by atoms with van der Waals surface area (Å²) in [6.45, 7) is 0.699. The molecule has 3 N–H and O–H groups in total. The molecule has 18 heavy (non-hydrogen) atoms. The zero-order valence-corrected chi connectivity index (χ0v) is 11.1. The van der Waals surface area contributed by atoms with Crippen LogP contribution in [0.1, 0.15) is 61.6 Å². The summed E-state index contributed by atoms with van der Waals surface area (Å²) in [5, 5.41) is 3.74. The van der Waals surface area contributed by atoms with Crippen LogP contribution in [-0.4, -0.2) is 12.6 Å². The Bertz CT molecular complexity index is 392. The molecule has 1 aromatic carbocycles. The number of nitrogens with one attached hydrogen (secondary N) is 1. The van der Waals surface area contributed by atoms with Crippen LogP contribution in [-0.2, 0) is 0 Å². The van der Waals surface area contributed by atoms with E-state index in [0.717, 1.165) is 5.92 Å². The van der Waals surface area contributed by atoms with Crippen molar-refractivity contribution in [3.8, 4) is 0 Å². The summed E-state index contributed by atoms with van der Waals surface area (Å²) in [6.07, 6.45) is 8.12. The van der Waals surface area contributed by atoms with Crippen molar-refractivity contribution in [2.75, 3.05) is 6.54 Å². The second-order valence-corrected chi connectivity index (χ2v) is 5.88. The van der Waals surface area contributed by atoms with Gasteiger partial charge in [-0.2, -0.15) is 0 Å². The first kappa shape index (κ1) is 12.2. The molecule has 0 radical (unpaired) electrons. The Morgan fingerprint density at radius 3 is 2.61 bits per heavy atom. The molecule has 0 amide bonds. The Labute approximate surface area is 110 Å². The van der Waals surface area contributed by atoms with Crippen LogP contribution >= 0.6 is 0 Å². The van der Waals surface area contributed by atoms with Gasteiger partial charge in [-0.05, 0) is 42.7 Å². The first-order chi connectivity index (χ1) is 8.86. The monoisotopic (exact) mass is 244 g/mol. The van der Waals surface area contributed by atoms with E-state index in [9.17, 15) is 0 Å². The van der Waals surface area contributed by atoms with Crippen molar-refractivity contribution in [3.63, 3.8) is 0 Å². The van der Waals surface area contributed by atoms with Crippen LogP contribution < -0.4 is 11.1 Å². The Balaban J connectivity index is 1.71. The third-order valence-electron chi connectivity index (χ3n) is 4.39. The van der Waals surface area contributed by atoms with Crippen LogP contribution in [0, 0.1) is 0 Å². The van der Waals surface area contributed by atoms with E-state index in [1.165, 1.54) is 49.7 Å². The third-order valence-corrected chi connectivity index (χ3v) is 4.39. The minimum atomic E-state index is 0.340. The first-order valence-corrected chi connectivity index (χ1v) is 7.43. The Kier molecular flexibility index (Phi) is 3.67. The first-order valence-electron chi connectivity index (χ1n) is 7.43. The topological polar surface area (TPSA) is 38.0 Å². The van der Waals surface area contributed by atoms with Crippen molar-refractivity contribution in [1.82, 2.24) is 5.32 Å². The molecule has 2 nitrogen and oxygen atoms in total. The predicted octanol–water partition coefficient (Wildman–Crippen LogP) is 3.10. The van der Waals surface area contributed by atoms with Crippen molar-refractivity contribution in [3.05, 3.63) is 35.4 Å². The quantitative estimate of drug-likeness (QED) is 0.835. The molecule has 98 valence electrons. The van der Waals surface area contributed by atoms with Gasteiger partial charge in [0.05, 0.1) is 0 Å². The minimum Gasteiger partial charge on any atom is -0.329 e. The van der Waals surface area contributed by atoms with Crippen molar-refractivity contribution < 1.29 is 0 Å². The minimum absolute atomic E-state index is 0.340. The van der Waals surface area contributed by atoms with Crippen LogP contribution in [0.15, 0.2) is 24.3 Å². The molecule has 0 saturated heterocycles. The van der Waals surface area contributed by atoms with Gasteiger partial charge < -0.3 is 11.1 Å². The second kappa shape index (κ2) is 5.41. The summed E-state index contributed by atoms with van der Waals surface area (Å²) >= 11 is 0. The zero-order valence-electron chi connectivity index (χ0n) is 11.1. The summed E-state index contributed by atoms with van der Waals surface area (Å²) in [6, 6.07) is 10.1. The van der Waals surface area contributed by atoms with E-state index in [-0.39, 0.29) is 0 Å². The van der Waals surface area contributed by atoms with Crippen LogP contribution in [0.2, 0.25) is 0 Å². The molecule has 1 atom stereocenters. The van der Waals surface area contributed by atoms with Gasteiger partial charge in [0, 0.05) is 18.6 Å². The SMILES string of the molecule is NCC(NC1CCCC1)c1cccc(C2CC2)c1. The number of rotatable bonds is 5. The van der Waals surface area contributed by atoms with Crippen LogP contribution in [0.4, 0.5) is 0 Å². The number of benzene rings is 1. The summed E-state index contributed by atoms with van der Waals surface area (Å²) < 4.78 is 0. The van der Waals surface area contributed by atoms with Crippen LogP contribution in [0.25, 0.3) is 0 Å². The van der Waals surface area contributed by atoms with Crippen molar-refractivity contribution in [2.45, 2.75) is 56.5 Å². The Morgan fingerprint density at radius 2 is 1.94 bits per heavy atom. The van der Waals surface area contributed by atoms with Gasteiger partial charge in [-0.15, -0.1) is 0 Å². The van der Waals surface area contributed by atoms with Gasteiger partial charge in [0.2, 0.25) is 0 Å². The highest BCUT2D eigenvalue weighted by Crippen LogP contribution is 2.40. The molecule has 0 heterocycles. The fourth-order valence-electron chi connectivity index (χ4n) is 3.12. The molecule has 0 bridgehead atoms. The Morgan fingerprint density at radius 1 is 1.17 bits per heavy atom. The van der Waals surface area contributed by atoms with E-state index in [1.807, 2.05) is 0 Å². The van der Waals surface area contributed by atoms with Gasteiger partial charge in [-0.3, -0.25) is 0 Å². The van der Waals surface area contributed by atoms with Crippen LogP contribution in [0.5, 0.6) is 0 Å².